The fraction of sp³-hybridized carbons (Fsp3) is 0.462. The third-order valence-corrected chi connectivity index (χ3v) is 6.12. The average Bonchev–Trinajstić information content (AvgIpc) is 2.94. The number of benzene rings is 1. The molecule has 1 amide bonds. The van der Waals surface area contributed by atoms with E-state index in [4.69, 9.17) is 4.74 Å². The number of fused-ring (bicyclic) bond motifs is 1. The fourth-order valence-corrected chi connectivity index (χ4v) is 5.64. The third-order valence-electron chi connectivity index (χ3n) is 3.68. The summed E-state index contributed by atoms with van der Waals surface area (Å²) in [6.45, 7) is 1.12. The van der Waals surface area contributed by atoms with Gasteiger partial charge in [0.15, 0.2) is 0 Å². The van der Waals surface area contributed by atoms with Crippen LogP contribution in [0.1, 0.15) is 5.56 Å². The number of carbonyl (C=O) groups is 1. The maximum absolute atomic E-state index is 12.0. The highest BCUT2D eigenvalue weighted by Gasteiger charge is 2.59. The Morgan fingerprint density at radius 2 is 1.94 bits per heavy atom. The lowest BCUT2D eigenvalue weighted by molar-refractivity contribution is 0.0967. The summed E-state index contributed by atoms with van der Waals surface area (Å²) in [7, 11) is 0. The lowest BCUT2D eigenvalue weighted by atomic mass is 9.86. The first-order valence-corrected chi connectivity index (χ1v) is 7.77. The first kappa shape index (κ1) is 12.5. The van der Waals surface area contributed by atoms with E-state index < -0.39 is 0 Å². The Labute approximate surface area is 123 Å². The number of alkyl halides is 2. The molecule has 4 rings (SSSR count). The maximum Gasteiger partial charge on any atom is 0.410 e. The monoisotopic (exact) mass is 373 g/mol. The minimum absolute atomic E-state index is 0.210. The highest BCUT2D eigenvalue weighted by molar-refractivity contribution is 9.10. The molecule has 2 aliphatic heterocycles. The molecule has 0 radical (unpaired) electrons. The molecule has 5 heteroatoms. The van der Waals surface area contributed by atoms with Gasteiger partial charge in [-0.25, -0.2) is 4.79 Å². The van der Waals surface area contributed by atoms with Crippen LogP contribution in [-0.2, 0) is 11.3 Å². The minimum Gasteiger partial charge on any atom is -0.445 e. The normalized spacial score (nSPS) is 33.1. The van der Waals surface area contributed by atoms with E-state index in [9.17, 15) is 4.79 Å². The van der Waals surface area contributed by atoms with E-state index >= 15 is 0 Å². The van der Waals surface area contributed by atoms with Crippen LogP contribution in [-0.4, -0.2) is 33.2 Å². The molecule has 1 saturated carbocycles. The van der Waals surface area contributed by atoms with Crippen LogP contribution in [0.2, 0.25) is 0 Å². The van der Waals surface area contributed by atoms with Crippen LogP contribution in [0.3, 0.4) is 0 Å². The van der Waals surface area contributed by atoms with Gasteiger partial charge >= 0.3 is 6.09 Å². The summed E-state index contributed by atoms with van der Waals surface area (Å²) in [5.41, 5.74) is 1.02. The highest BCUT2D eigenvalue weighted by Crippen LogP contribution is 2.49. The number of amides is 1. The third kappa shape index (κ3) is 1.97. The lowest BCUT2D eigenvalue weighted by Gasteiger charge is -2.37. The van der Waals surface area contributed by atoms with Gasteiger partial charge in [0.05, 0.1) is 6.04 Å². The molecule has 0 aromatic heterocycles. The van der Waals surface area contributed by atoms with Crippen LogP contribution >= 0.6 is 31.9 Å². The summed E-state index contributed by atoms with van der Waals surface area (Å²) < 4.78 is 5.35. The predicted octanol–water partition coefficient (Wildman–Crippen LogP) is 3.16. The Hall–Kier alpha value is -0.550. The van der Waals surface area contributed by atoms with Gasteiger partial charge in [-0.15, -0.1) is 0 Å². The first-order valence-electron chi connectivity index (χ1n) is 5.94. The predicted molar refractivity (Wildman–Crippen MR) is 76.0 cm³/mol. The number of nitrogens with zero attached hydrogens (tertiary/aromatic N) is 1. The molecule has 2 bridgehead atoms. The minimum atomic E-state index is -0.210. The lowest BCUT2D eigenvalue weighted by Crippen LogP contribution is -2.51. The van der Waals surface area contributed by atoms with Crippen molar-refractivity contribution in [2.75, 3.05) is 6.54 Å². The van der Waals surface area contributed by atoms with Crippen molar-refractivity contribution >= 4 is 38.0 Å². The first-order chi connectivity index (χ1) is 8.68. The van der Waals surface area contributed by atoms with E-state index in [-0.39, 0.29) is 12.1 Å². The maximum atomic E-state index is 12.0. The molecule has 4 atom stereocenters. The van der Waals surface area contributed by atoms with Crippen LogP contribution < -0.4 is 0 Å². The van der Waals surface area contributed by atoms with Crippen molar-refractivity contribution in [1.82, 2.24) is 4.90 Å². The summed E-state index contributed by atoms with van der Waals surface area (Å²) in [5.74, 6) is 0.513. The zero-order valence-corrected chi connectivity index (χ0v) is 12.8. The molecule has 96 valence electrons. The Balaban J connectivity index is 1.57. The second kappa shape index (κ2) is 4.85. The standard InChI is InChI=1S/C13H13Br2NO2/c14-10-9-6-16(12(10)11(9)15)13(17)18-7-8-4-2-1-3-5-8/h1-5,9-12H,6-7H2/t9?,10-,11+,12?. The van der Waals surface area contributed by atoms with Gasteiger partial charge in [-0.1, -0.05) is 62.2 Å². The van der Waals surface area contributed by atoms with Gasteiger partial charge in [-0.05, 0) is 5.56 Å². The SMILES string of the molecule is O=C(OCc1ccccc1)N1CC2[C@@H](Br)C1[C@H]2Br. The van der Waals surface area contributed by atoms with Crippen molar-refractivity contribution < 1.29 is 9.53 Å². The van der Waals surface area contributed by atoms with E-state index in [1.807, 2.05) is 35.2 Å². The number of halogens is 2. The molecule has 2 saturated heterocycles. The zero-order chi connectivity index (χ0) is 12.7. The second-order valence-corrected chi connectivity index (χ2v) is 6.85. The van der Waals surface area contributed by atoms with Crippen LogP contribution in [0, 0.1) is 5.92 Å². The van der Waals surface area contributed by atoms with Crippen LogP contribution in [0.5, 0.6) is 0 Å². The molecule has 2 unspecified atom stereocenters. The molecule has 0 N–H and O–H groups in total. The molecule has 18 heavy (non-hydrogen) atoms. The summed E-state index contributed by atoms with van der Waals surface area (Å²) in [5, 5.41) is 0. The Bertz CT molecular complexity index is 444. The zero-order valence-electron chi connectivity index (χ0n) is 9.63. The molecule has 3 fully saturated rings. The highest BCUT2D eigenvalue weighted by atomic mass is 79.9. The fourth-order valence-electron chi connectivity index (χ4n) is 2.60. The number of hydrogen-bond acceptors (Lipinski definition) is 2. The number of carbonyl (C=O) groups excluding carboxylic acids is 1. The van der Waals surface area contributed by atoms with Gasteiger partial charge in [-0.2, -0.15) is 0 Å². The van der Waals surface area contributed by atoms with Crippen LogP contribution in [0.4, 0.5) is 4.79 Å². The molecule has 1 aliphatic carbocycles. The van der Waals surface area contributed by atoms with E-state index in [0.29, 0.717) is 22.2 Å². The van der Waals surface area contributed by atoms with Crippen molar-refractivity contribution in [3.05, 3.63) is 35.9 Å². The molecular formula is C13H13Br2NO2. The quantitative estimate of drug-likeness (QED) is 0.744. The van der Waals surface area contributed by atoms with Gasteiger partial charge in [0.2, 0.25) is 0 Å². The molecule has 0 spiro atoms. The van der Waals surface area contributed by atoms with E-state index in [2.05, 4.69) is 31.9 Å². The Morgan fingerprint density at radius 1 is 1.28 bits per heavy atom. The van der Waals surface area contributed by atoms with Crippen molar-refractivity contribution in [1.29, 1.82) is 0 Å². The Morgan fingerprint density at radius 3 is 2.50 bits per heavy atom. The van der Waals surface area contributed by atoms with Crippen molar-refractivity contribution in [3.8, 4) is 0 Å². The van der Waals surface area contributed by atoms with E-state index in [0.717, 1.165) is 12.1 Å². The summed E-state index contributed by atoms with van der Waals surface area (Å²) in [6.07, 6.45) is -0.210. The summed E-state index contributed by atoms with van der Waals surface area (Å²) >= 11 is 7.24. The Kier molecular flexibility index (Phi) is 3.36. The van der Waals surface area contributed by atoms with Crippen molar-refractivity contribution in [2.45, 2.75) is 22.3 Å². The molecule has 2 heterocycles. The van der Waals surface area contributed by atoms with Gasteiger partial charge in [-0.3, -0.25) is 0 Å². The smallest absolute Gasteiger partial charge is 0.410 e. The van der Waals surface area contributed by atoms with Gasteiger partial charge < -0.3 is 9.64 Å². The van der Waals surface area contributed by atoms with Gasteiger partial charge in [0.1, 0.15) is 6.61 Å². The summed E-state index contributed by atoms with van der Waals surface area (Å²) in [6, 6.07) is 9.98. The van der Waals surface area contributed by atoms with Crippen molar-refractivity contribution in [3.63, 3.8) is 0 Å². The largest absolute Gasteiger partial charge is 0.445 e. The summed E-state index contributed by atoms with van der Waals surface area (Å²) in [4.78, 5) is 14.7. The number of rotatable bonds is 2. The van der Waals surface area contributed by atoms with Gasteiger partial charge in [0, 0.05) is 22.1 Å². The molecule has 3 nitrogen and oxygen atoms in total. The van der Waals surface area contributed by atoms with E-state index in [1.54, 1.807) is 0 Å². The number of ether oxygens (including phenoxy) is 1. The van der Waals surface area contributed by atoms with Crippen LogP contribution in [0.25, 0.3) is 0 Å². The molecule has 1 aromatic rings. The molecule has 3 aliphatic rings. The second-order valence-electron chi connectivity index (χ2n) is 4.74. The van der Waals surface area contributed by atoms with E-state index in [1.165, 1.54) is 0 Å². The van der Waals surface area contributed by atoms with Crippen LogP contribution in [0.15, 0.2) is 30.3 Å². The van der Waals surface area contributed by atoms with Crippen molar-refractivity contribution in [2.24, 2.45) is 5.92 Å². The molecule has 1 aromatic carbocycles. The molecular weight excluding hydrogens is 362 g/mol. The van der Waals surface area contributed by atoms with Gasteiger partial charge in [0.25, 0.3) is 0 Å². The average molecular weight is 375 g/mol. The number of hydrogen-bond donors (Lipinski definition) is 0. The topological polar surface area (TPSA) is 29.5 Å².